The molecule has 1 aliphatic heterocycles. The van der Waals surface area contributed by atoms with Crippen LogP contribution >= 0.6 is 0 Å². The van der Waals surface area contributed by atoms with Crippen molar-refractivity contribution in [2.75, 3.05) is 6.61 Å². The minimum absolute atomic E-state index is 0.178. The molecule has 0 radical (unpaired) electrons. The summed E-state index contributed by atoms with van der Waals surface area (Å²) in [7, 11) is 0. The van der Waals surface area contributed by atoms with E-state index in [4.69, 9.17) is 14.3 Å². The molecule has 0 saturated carbocycles. The minimum atomic E-state index is -0.958. The van der Waals surface area contributed by atoms with Crippen LogP contribution in [0.25, 0.3) is 11.1 Å². The van der Waals surface area contributed by atoms with E-state index in [1.54, 1.807) is 6.07 Å². The Bertz CT molecular complexity index is 584. The number of benzene rings is 1. The van der Waals surface area contributed by atoms with Gasteiger partial charge in [0.2, 0.25) is 0 Å². The molecule has 0 bridgehead atoms. The molecule has 18 heavy (non-hydrogen) atoms. The van der Waals surface area contributed by atoms with E-state index in [1.807, 2.05) is 0 Å². The second-order valence-corrected chi connectivity index (χ2v) is 4.43. The standard InChI is InChI=1S/C13H13NO4/c15-13(16)8-3-4-11-10(6-8)14-12(18-11)7-9-2-1-5-17-9/h3-4,6,9H,1-2,5,7H2,(H,15,16). The number of aromatic nitrogens is 1. The molecule has 5 heteroatoms. The molecule has 5 nitrogen and oxygen atoms in total. The van der Waals surface area contributed by atoms with Crippen molar-refractivity contribution in [3.05, 3.63) is 29.7 Å². The number of fused-ring (bicyclic) bond motifs is 1. The Kier molecular flexibility index (Phi) is 2.76. The van der Waals surface area contributed by atoms with Crippen molar-refractivity contribution >= 4 is 17.1 Å². The Labute approximate surface area is 103 Å². The monoisotopic (exact) mass is 247 g/mol. The van der Waals surface area contributed by atoms with Crippen molar-refractivity contribution in [1.29, 1.82) is 0 Å². The van der Waals surface area contributed by atoms with E-state index in [9.17, 15) is 4.79 Å². The number of nitrogens with zero attached hydrogens (tertiary/aromatic N) is 1. The van der Waals surface area contributed by atoms with Crippen LogP contribution in [-0.2, 0) is 11.2 Å². The normalized spacial score (nSPS) is 19.4. The lowest BCUT2D eigenvalue weighted by atomic mass is 10.2. The van der Waals surface area contributed by atoms with Crippen LogP contribution in [0.3, 0.4) is 0 Å². The van der Waals surface area contributed by atoms with Crippen LogP contribution in [0.1, 0.15) is 29.1 Å². The summed E-state index contributed by atoms with van der Waals surface area (Å²) in [5.74, 6) is -0.347. The smallest absolute Gasteiger partial charge is 0.335 e. The fourth-order valence-corrected chi connectivity index (χ4v) is 2.20. The number of carbonyl (C=O) groups is 1. The summed E-state index contributed by atoms with van der Waals surface area (Å²) in [4.78, 5) is 15.2. The topological polar surface area (TPSA) is 72.6 Å². The third kappa shape index (κ3) is 2.09. The third-order valence-corrected chi connectivity index (χ3v) is 3.11. The van der Waals surface area contributed by atoms with Crippen molar-refractivity contribution in [2.45, 2.75) is 25.4 Å². The van der Waals surface area contributed by atoms with Crippen molar-refractivity contribution in [1.82, 2.24) is 4.98 Å². The predicted molar refractivity (Wildman–Crippen MR) is 63.6 cm³/mol. The van der Waals surface area contributed by atoms with Gasteiger partial charge in [-0.2, -0.15) is 0 Å². The Morgan fingerprint density at radius 3 is 3.11 bits per heavy atom. The molecule has 0 spiro atoms. The van der Waals surface area contributed by atoms with Gasteiger partial charge in [0.1, 0.15) is 5.52 Å². The second-order valence-electron chi connectivity index (χ2n) is 4.43. The van der Waals surface area contributed by atoms with Crippen molar-refractivity contribution in [3.8, 4) is 0 Å². The van der Waals surface area contributed by atoms with Gasteiger partial charge in [0.05, 0.1) is 18.1 Å². The van der Waals surface area contributed by atoms with E-state index in [2.05, 4.69) is 4.98 Å². The molecule has 3 rings (SSSR count). The Morgan fingerprint density at radius 1 is 1.50 bits per heavy atom. The number of carboxylic acids is 1. The van der Waals surface area contributed by atoms with Crippen molar-refractivity contribution in [2.24, 2.45) is 0 Å². The number of aromatic carboxylic acids is 1. The maximum absolute atomic E-state index is 10.9. The molecule has 1 aliphatic rings. The molecule has 1 N–H and O–H groups in total. The third-order valence-electron chi connectivity index (χ3n) is 3.11. The molecule has 0 amide bonds. The van der Waals surface area contributed by atoms with Crippen LogP contribution in [0.4, 0.5) is 0 Å². The van der Waals surface area contributed by atoms with E-state index in [-0.39, 0.29) is 11.7 Å². The summed E-state index contributed by atoms with van der Waals surface area (Å²) in [5.41, 5.74) is 1.43. The van der Waals surface area contributed by atoms with Crippen molar-refractivity contribution in [3.63, 3.8) is 0 Å². The first-order valence-corrected chi connectivity index (χ1v) is 5.97. The van der Waals surface area contributed by atoms with Gasteiger partial charge in [-0.3, -0.25) is 0 Å². The Balaban J connectivity index is 1.87. The maximum atomic E-state index is 10.9. The van der Waals surface area contributed by atoms with E-state index >= 15 is 0 Å². The lowest BCUT2D eigenvalue weighted by molar-refractivity contribution is 0.0697. The molecular formula is C13H13NO4. The highest BCUT2D eigenvalue weighted by molar-refractivity contribution is 5.91. The van der Waals surface area contributed by atoms with Gasteiger partial charge < -0.3 is 14.3 Å². The van der Waals surface area contributed by atoms with Gasteiger partial charge in [-0.1, -0.05) is 0 Å². The first-order valence-electron chi connectivity index (χ1n) is 5.97. The lowest BCUT2D eigenvalue weighted by Gasteiger charge is -2.04. The summed E-state index contributed by atoms with van der Waals surface area (Å²) < 4.78 is 11.1. The van der Waals surface area contributed by atoms with Crippen molar-refractivity contribution < 1.29 is 19.1 Å². The first kappa shape index (κ1) is 11.2. The fourth-order valence-electron chi connectivity index (χ4n) is 2.20. The SMILES string of the molecule is O=C(O)c1ccc2oc(CC3CCCO3)nc2c1. The van der Waals surface area contributed by atoms with E-state index in [0.29, 0.717) is 23.4 Å². The molecule has 1 atom stereocenters. The molecule has 1 fully saturated rings. The zero-order chi connectivity index (χ0) is 12.5. The summed E-state index contributed by atoms with van der Waals surface area (Å²) >= 11 is 0. The van der Waals surface area contributed by atoms with E-state index in [1.165, 1.54) is 12.1 Å². The fraction of sp³-hybridized carbons (Fsp3) is 0.385. The van der Waals surface area contributed by atoms with Crippen LogP contribution in [0.5, 0.6) is 0 Å². The minimum Gasteiger partial charge on any atom is -0.478 e. The van der Waals surface area contributed by atoms with E-state index in [0.717, 1.165) is 19.4 Å². The summed E-state index contributed by atoms with van der Waals surface area (Å²) in [6.07, 6.45) is 2.93. The number of carboxylic acid groups (broad SMARTS) is 1. The molecule has 0 aliphatic carbocycles. The number of ether oxygens (including phenoxy) is 1. The molecule has 2 aromatic rings. The molecule has 1 saturated heterocycles. The zero-order valence-corrected chi connectivity index (χ0v) is 9.76. The number of rotatable bonds is 3. The lowest BCUT2D eigenvalue weighted by Crippen LogP contribution is -2.08. The van der Waals surface area contributed by atoms with Gasteiger partial charge >= 0.3 is 5.97 Å². The summed E-state index contributed by atoms with van der Waals surface area (Å²) in [5, 5.41) is 8.90. The molecular weight excluding hydrogens is 234 g/mol. The molecule has 1 aromatic carbocycles. The highest BCUT2D eigenvalue weighted by atomic mass is 16.5. The largest absolute Gasteiger partial charge is 0.478 e. The van der Waals surface area contributed by atoms with Gasteiger partial charge in [-0.25, -0.2) is 9.78 Å². The van der Waals surface area contributed by atoms with Crippen LogP contribution in [0.2, 0.25) is 0 Å². The number of hydrogen-bond donors (Lipinski definition) is 1. The van der Waals surface area contributed by atoms with Gasteiger partial charge in [-0.15, -0.1) is 0 Å². The van der Waals surface area contributed by atoms with Gasteiger partial charge in [-0.05, 0) is 31.0 Å². The maximum Gasteiger partial charge on any atom is 0.335 e. The van der Waals surface area contributed by atoms with Crippen LogP contribution < -0.4 is 0 Å². The molecule has 1 aromatic heterocycles. The number of oxazole rings is 1. The average molecular weight is 247 g/mol. The molecule has 1 unspecified atom stereocenters. The van der Waals surface area contributed by atoms with Gasteiger partial charge in [0.15, 0.2) is 11.5 Å². The summed E-state index contributed by atoms with van der Waals surface area (Å²) in [6.45, 7) is 0.800. The molecule has 94 valence electrons. The Morgan fingerprint density at radius 2 is 2.39 bits per heavy atom. The average Bonchev–Trinajstić information content (AvgIpc) is 2.96. The Hall–Kier alpha value is -1.88. The highest BCUT2D eigenvalue weighted by Crippen LogP contribution is 2.21. The molecule has 2 heterocycles. The zero-order valence-electron chi connectivity index (χ0n) is 9.76. The van der Waals surface area contributed by atoms with E-state index < -0.39 is 5.97 Å². The van der Waals surface area contributed by atoms with Gasteiger partial charge in [0, 0.05) is 6.61 Å². The number of hydrogen-bond acceptors (Lipinski definition) is 4. The second kappa shape index (κ2) is 4.42. The summed E-state index contributed by atoms with van der Waals surface area (Å²) in [6, 6.07) is 4.69. The quantitative estimate of drug-likeness (QED) is 0.900. The first-order chi connectivity index (χ1) is 8.72. The van der Waals surface area contributed by atoms with Gasteiger partial charge in [0.25, 0.3) is 0 Å². The van der Waals surface area contributed by atoms with Crippen LogP contribution in [0, 0.1) is 0 Å². The van der Waals surface area contributed by atoms with Crippen LogP contribution in [-0.4, -0.2) is 28.8 Å². The predicted octanol–water partition coefficient (Wildman–Crippen LogP) is 2.25. The highest BCUT2D eigenvalue weighted by Gasteiger charge is 2.19. The van der Waals surface area contributed by atoms with Crippen LogP contribution in [0.15, 0.2) is 22.6 Å².